The number of fused-ring (bicyclic) bond motifs is 1. The molecule has 7 heteroatoms. The van der Waals surface area contributed by atoms with Crippen molar-refractivity contribution >= 4 is 16.9 Å². The number of para-hydroxylation sites is 2. The first-order chi connectivity index (χ1) is 14.9. The lowest BCUT2D eigenvalue weighted by atomic mass is 10.0. The van der Waals surface area contributed by atoms with E-state index in [4.69, 9.17) is 9.47 Å². The van der Waals surface area contributed by atoms with Crippen LogP contribution >= 0.6 is 0 Å². The Labute approximate surface area is 182 Å². The molecule has 2 aromatic carbocycles. The number of hydrogen-bond donors (Lipinski definition) is 1. The molecule has 1 heterocycles. The minimum atomic E-state index is -0.203. The van der Waals surface area contributed by atoms with Gasteiger partial charge in [0.1, 0.15) is 0 Å². The van der Waals surface area contributed by atoms with Gasteiger partial charge in [0.05, 0.1) is 31.3 Å². The number of carbonyl (C=O) groups excluding carboxylic acids is 1. The van der Waals surface area contributed by atoms with Crippen molar-refractivity contribution < 1.29 is 14.3 Å². The van der Waals surface area contributed by atoms with Crippen LogP contribution in [-0.4, -0.2) is 29.3 Å². The SMILES string of the molecule is CCCn1c(=O)n(CCC(=O)NC(C)c2cc(OC)c(OC)cc2C)c2ccccc21. The molecule has 1 amide bonds. The molecule has 0 aliphatic heterocycles. The van der Waals surface area contributed by atoms with Gasteiger partial charge in [-0.05, 0) is 55.7 Å². The zero-order valence-corrected chi connectivity index (χ0v) is 18.9. The summed E-state index contributed by atoms with van der Waals surface area (Å²) in [6, 6.07) is 11.3. The Morgan fingerprint density at radius 1 is 1.03 bits per heavy atom. The van der Waals surface area contributed by atoms with Crippen LogP contribution in [0.1, 0.15) is 43.9 Å². The molecule has 7 nitrogen and oxygen atoms in total. The van der Waals surface area contributed by atoms with E-state index in [1.165, 1.54) is 0 Å². The monoisotopic (exact) mass is 425 g/mol. The lowest BCUT2D eigenvalue weighted by molar-refractivity contribution is -0.121. The van der Waals surface area contributed by atoms with Crippen LogP contribution in [0.25, 0.3) is 11.0 Å². The normalized spacial score (nSPS) is 12.0. The summed E-state index contributed by atoms with van der Waals surface area (Å²) in [6.45, 7) is 6.95. The number of benzene rings is 2. The van der Waals surface area contributed by atoms with E-state index < -0.39 is 0 Å². The quantitative estimate of drug-likeness (QED) is 0.566. The van der Waals surface area contributed by atoms with E-state index in [2.05, 4.69) is 5.32 Å². The number of hydrogen-bond acceptors (Lipinski definition) is 4. The molecule has 31 heavy (non-hydrogen) atoms. The zero-order chi connectivity index (χ0) is 22.5. The first-order valence-electron chi connectivity index (χ1n) is 10.6. The van der Waals surface area contributed by atoms with Crippen molar-refractivity contribution in [1.29, 1.82) is 0 Å². The van der Waals surface area contributed by atoms with Gasteiger partial charge in [-0.25, -0.2) is 4.79 Å². The van der Waals surface area contributed by atoms with Crippen LogP contribution in [0.5, 0.6) is 11.5 Å². The molecule has 3 aromatic rings. The number of amides is 1. The number of nitrogens with zero attached hydrogens (tertiary/aromatic N) is 2. The number of aryl methyl sites for hydroxylation is 3. The summed E-state index contributed by atoms with van der Waals surface area (Å²) in [7, 11) is 3.19. The molecule has 0 aliphatic carbocycles. The van der Waals surface area contributed by atoms with Gasteiger partial charge in [-0.3, -0.25) is 13.9 Å². The third-order valence-corrected chi connectivity index (χ3v) is 5.55. The van der Waals surface area contributed by atoms with E-state index in [1.54, 1.807) is 23.4 Å². The van der Waals surface area contributed by atoms with Gasteiger partial charge in [-0.2, -0.15) is 0 Å². The highest BCUT2D eigenvalue weighted by Crippen LogP contribution is 2.32. The summed E-state index contributed by atoms with van der Waals surface area (Å²) in [6.07, 6.45) is 1.09. The van der Waals surface area contributed by atoms with E-state index in [-0.39, 0.29) is 24.1 Å². The summed E-state index contributed by atoms with van der Waals surface area (Å²) in [5.74, 6) is 1.17. The Balaban J connectivity index is 1.74. The zero-order valence-electron chi connectivity index (χ0n) is 18.9. The van der Waals surface area contributed by atoms with Gasteiger partial charge in [-0.15, -0.1) is 0 Å². The summed E-state index contributed by atoms with van der Waals surface area (Å²) >= 11 is 0. The topological polar surface area (TPSA) is 74.5 Å². The van der Waals surface area contributed by atoms with Gasteiger partial charge in [0.25, 0.3) is 0 Å². The minimum absolute atomic E-state index is 0.0698. The Kier molecular flexibility index (Phi) is 7.05. The second-order valence-electron chi connectivity index (χ2n) is 7.68. The van der Waals surface area contributed by atoms with Crippen molar-refractivity contribution in [2.24, 2.45) is 0 Å². The molecule has 0 radical (unpaired) electrons. The van der Waals surface area contributed by atoms with E-state index in [0.29, 0.717) is 24.6 Å². The van der Waals surface area contributed by atoms with Gasteiger partial charge < -0.3 is 14.8 Å². The highest BCUT2D eigenvalue weighted by molar-refractivity contribution is 5.78. The lowest BCUT2D eigenvalue weighted by Crippen LogP contribution is -2.30. The fraction of sp³-hybridized carbons (Fsp3) is 0.417. The second-order valence-corrected chi connectivity index (χ2v) is 7.68. The maximum Gasteiger partial charge on any atom is 0.329 e. The average molecular weight is 426 g/mol. The van der Waals surface area contributed by atoms with Crippen LogP contribution in [0.15, 0.2) is 41.2 Å². The number of nitrogens with one attached hydrogen (secondary N) is 1. The van der Waals surface area contributed by atoms with Crippen molar-refractivity contribution in [3.8, 4) is 11.5 Å². The maximum absolute atomic E-state index is 12.9. The fourth-order valence-corrected chi connectivity index (χ4v) is 4.00. The van der Waals surface area contributed by atoms with Crippen LogP contribution in [0, 0.1) is 6.92 Å². The molecular weight excluding hydrogens is 394 g/mol. The Bertz CT molecular complexity index is 1130. The molecule has 166 valence electrons. The summed E-state index contributed by atoms with van der Waals surface area (Å²) < 4.78 is 14.2. The Morgan fingerprint density at radius 2 is 1.61 bits per heavy atom. The van der Waals surface area contributed by atoms with Crippen LogP contribution in [-0.2, 0) is 17.9 Å². The molecule has 0 aliphatic rings. The molecule has 0 saturated heterocycles. The average Bonchev–Trinajstić information content (AvgIpc) is 3.03. The molecule has 3 rings (SSSR count). The second kappa shape index (κ2) is 9.73. The number of imidazole rings is 1. The van der Waals surface area contributed by atoms with Crippen LogP contribution < -0.4 is 20.5 Å². The van der Waals surface area contributed by atoms with Gasteiger partial charge in [-0.1, -0.05) is 19.1 Å². The molecule has 0 spiro atoms. The largest absolute Gasteiger partial charge is 0.493 e. The van der Waals surface area contributed by atoms with E-state index in [1.807, 2.05) is 57.2 Å². The first-order valence-corrected chi connectivity index (χ1v) is 10.6. The first kappa shape index (κ1) is 22.5. The number of methoxy groups -OCH3 is 2. The van der Waals surface area contributed by atoms with Crippen molar-refractivity contribution in [3.05, 3.63) is 58.0 Å². The molecule has 1 unspecified atom stereocenters. The third kappa shape index (κ3) is 4.60. The van der Waals surface area contributed by atoms with Crippen molar-refractivity contribution in [1.82, 2.24) is 14.5 Å². The van der Waals surface area contributed by atoms with Crippen molar-refractivity contribution in [2.45, 2.75) is 52.7 Å². The third-order valence-electron chi connectivity index (χ3n) is 5.55. The fourth-order valence-electron chi connectivity index (χ4n) is 4.00. The summed E-state index contributed by atoms with van der Waals surface area (Å²) in [5, 5.41) is 3.04. The Morgan fingerprint density at radius 3 is 2.19 bits per heavy atom. The highest BCUT2D eigenvalue weighted by Gasteiger charge is 2.17. The van der Waals surface area contributed by atoms with E-state index in [9.17, 15) is 9.59 Å². The number of aromatic nitrogens is 2. The van der Waals surface area contributed by atoms with E-state index >= 15 is 0 Å². The lowest BCUT2D eigenvalue weighted by Gasteiger charge is -2.19. The highest BCUT2D eigenvalue weighted by atomic mass is 16.5. The van der Waals surface area contributed by atoms with Crippen LogP contribution in [0.2, 0.25) is 0 Å². The molecule has 1 aromatic heterocycles. The van der Waals surface area contributed by atoms with E-state index in [0.717, 1.165) is 28.6 Å². The minimum Gasteiger partial charge on any atom is -0.493 e. The van der Waals surface area contributed by atoms with Gasteiger partial charge in [0.2, 0.25) is 5.91 Å². The number of carbonyl (C=O) groups is 1. The molecule has 0 bridgehead atoms. The van der Waals surface area contributed by atoms with Crippen molar-refractivity contribution in [3.63, 3.8) is 0 Å². The predicted molar refractivity (Wildman–Crippen MR) is 122 cm³/mol. The summed E-state index contributed by atoms with van der Waals surface area (Å²) in [4.78, 5) is 25.6. The summed E-state index contributed by atoms with van der Waals surface area (Å²) in [5.41, 5.74) is 3.66. The van der Waals surface area contributed by atoms with Gasteiger partial charge in [0.15, 0.2) is 11.5 Å². The molecule has 1 N–H and O–H groups in total. The Hall–Kier alpha value is -3.22. The van der Waals surface area contributed by atoms with Crippen LogP contribution in [0.4, 0.5) is 0 Å². The molecule has 0 saturated carbocycles. The number of ether oxygens (including phenoxy) is 2. The maximum atomic E-state index is 12.9. The molecule has 1 atom stereocenters. The molecule has 0 fully saturated rings. The van der Waals surface area contributed by atoms with Gasteiger partial charge >= 0.3 is 5.69 Å². The molecular formula is C24H31N3O4. The smallest absolute Gasteiger partial charge is 0.329 e. The standard InChI is InChI=1S/C24H31N3O4/c1-6-12-26-19-9-7-8-10-20(19)27(24(26)29)13-11-23(28)25-17(3)18-15-22(31-5)21(30-4)14-16(18)2/h7-10,14-15,17H,6,11-13H2,1-5H3,(H,25,28). The van der Waals surface area contributed by atoms with Crippen LogP contribution in [0.3, 0.4) is 0 Å². The van der Waals surface area contributed by atoms with Gasteiger partial charge in [0, 0.05) is 19.5 Å². The predicted octanol–water partition coefficient (Wildman–Crippen LogP) is 3.81. The van der Waals surface area contributed by atoms with Crippen molar-refractivity contribution in [2.75, 3.05) is 14.2 Å². The number of rotatable bonds is 9.